The predicted molar refractivity (Wildman–Crippen MR) is 73.3 cm³/mol. The average molecular weight is 245 g/mol. The molecule has 1 aromatic heterocycles. The highest BCUT2D eigenvalue weighted by atomic mass is 16.2. The van der Waals surface area contributed by atoms with Gasteiger partial charge in [-0.2, -0.15) is 0 Å². The molecule has 0 saturated heterocycles. The van der Waals surface area contributed by atoms with Crippen molar-refractivity contribution in [2.24, 2.45) is 0 Å². The maximum absolute atomic E-state index is 11.4. The second kappa shape index (κ2) is 5.69. The number of H-pyrrole nitrogens is 1. The lowest BCUT2D eigenvalue weighted by Crippen LogP contribution is -2.26. The Hall–Kier alpha value is -1.81. The molecule has 0 atom stereocenters. The summed E-state index contributed by atoms with van der Waals surface area (Å²) < 4.78 is 0. The molecule has 1 amide bonds. The molecule has 0 fully saturated rings. The molecule has 18 heavy (non-hydrogen) atoms. The van der Waals surface area contributed by atoms with Gasteiger partial charge in [0.2, 0.25) is 5.91 Å². The minimum Gasteiger partial charge on any atom is -0.361 e. The highest BCUT2D eigenvalue weighted by Crippen LogP contribution is 2.13. The summed E-state index contributed by atoms with van der Waals surface area (Å²) in [7, 11) is 3.56. The van der Waals surface area contributed by atoms with Crippen molar-refractivity contribution in [3.8, 4) is 0 Å². The minimum atomic E-state index is 0.156. The van der Waals surface area contributed by atoms with Gasteiger partial charge in [0.15, 0.2) is 0 Å². The quantitative estimate of drug-likeness (QED) is 0.788. The molecule has 2 N–H and O–H groups in total. The zero-order chi connectivity index (χ0) is 13.0. The SMILES string of the molecule is CN(C)C(=O)CCNCc1ccc2[nH]ccc2c1. The molecule has 4 nitrogen and oxygen atoms in total. The van der Waals surface area contributed by atoms with Gasteiger partial charge in [0.1, 0.15) is 0 Å². The molecule has 0 aliphatic rings. The monoisotopic (exact) mass is 245 g/mol. The van der Waals surface area contributed by atoms with Gasteiger partial charge in [-0.05, 0) is 29.1 Å². The minimum absolute atomic E-state index is 0.156. The lowest BCUT2D eigenvalue weighted by molar-refractivity contribution is -0.128. The van der Waals surface area contributed by atoms with Gasteiger partial charge in [0.05, 0.1) is 0 Å². The Bertz CT molecular complexity index is 531. The van der Waals surface area contributed by atoms with Gasteiger partial charge in [-0.1, -0.05) is 6.07 Å². The third-order valence-corrected chi connectivity index (χ3v) is 2.96. The Kier molecular flexibility index (Phi) is 3.99. The lowest BCUT2D eigenvalue weighted by atomic mass is 10.1. The van der Waals surface area contributed by atoms with E-state index in [2.05, 4.69) is 34.6 Å². The fourth-order valence-electron chi connectivity index (χ4n) is 1.86. The second-order valence-electron chi connectivity index (χ2n) is 4.61. The van der Waals surface area contributed by atoms with E-state index in [-0.39, 0.29) is 5.91 Å². The summed E-state index contributed by atoms with van der Waals surface area (Å²) in [6.07, 6.45) is 2.48. The molecule has 0 saturated carbocycles. The number of aromatic nitrogens is 1. The summed E-state index contributed by atoms with van der Waals surface area (Å²) in [6, 6.07) is 8.40. The number of carbonyl (C=O) groups is 1. The average Bonchev–Trinajstić information content (AvgIpc) is 2.81. The number of carbonyl (C=O) groups excluding carboxylic acids is 1. The van der Waals surface area contributed by atoms with Crippen LogP contribution in [0.3, 0.4) is 0 Å². The highest BCUT2D eigenvalue weighted by molar-refractivity contribution is 5.79. The van der Waals surface area contributed by atoms with Crippen molar-refractivity contribution in [2.45, 2.75) is 13.0 Å². The summed E-state index contributed by atoms with van der Waals surface area (Å²) in [5.41, 5.74) is 2.39. The molecule has 0 aliphatic heterocycles. The molecule has 0 unspecified atom stereocenters. The number of amides is 1. The number of aromatic amines is 1. The Morgan fingerprint density at radius 3 is 2.94 bits per heavy atom. The van der Waals surface area contributed by atoms with E-state index < -0.39 is 0 Å². The van der Waals surface area contributed by atoms with Crippen LogP contribution in [-0.4, -0.2) is 36.4 Å². The van der Waals surface area contributed by atoms with Gasteiger partial charge in [-0.15, -0.1) is 0 Å². The van der Waals surface area contributed by atoms with Crippen LogP contribution in [0.25, 0.3) is 10.9 Å². The van der Waals surface area contributed by atoms with Gasteiger partial charge >= 0.3 is 0 Å². The van der Waals surface area contributed by atoms with Crippen LogP contribution in [0.5, 0.6) is 0 Å². The Labute approximate surface area is 107 Å². The lowest BCUT2D eigenvalue weighted by Gasteiger charge is -2.10. The smallest absolute Gasteiger partial charge is 0.223 e. The number of rotatable bonds is 5. The van der Waals surface area contributed by atoms with E-state index in [1.807, 2.05) is 6.20 Å². The van der Waals surface area contributed by atoms with Crippen LogP contribution < -0.4 is 5.32 Å². The molecule has 0 aliphatic carbocycles. The summed E-state index contributed by atoms with van der Waals surface area (Å²) in [5, 5.41) is 4.51. The van der Waals surface area contributed by atoms with Crippen LogP contribution in [0.4, 0.5) is 0 Å². The number of nitrogens with zero attached hydrogens (tertiary/aromatic N) is 1. The van der Waals surface area contributed by atoms with Crippen LogP contribution in [0.15, 0.2) is 30.5 Å². The van der Waals surface area contributed by atoms with Crippen LogP contribution >= 0.6 is 0 Å². The first-order valence-corrected chi connectivity index (χ1v) is 6.14. The number of benzene rings is 1. The molecule has 96 valence electrons. The summed E-state index contributed by atoms with van der Waals surface area (Å²) in [4.78, 5) is 16.2. The molecule has 2 aromatic rings. The third kappa shape index (κ3) is 3.11. The Morgan fingerprint density at radius 2 is 2.17 bits per heavy atom. The first-order valence-electron chi connectivity index (χ1n) is 6.14. The van der Waals surface area contributed by atoms with Crippen molar-refractivity contribution in [2.75, 3.05) is 20.6 Å². The zero-order valence-electron chi connectivity index (χ0n) is 10.9. The van der Waals surface area contributed by atoms with Crippen LogP contribution in [0.2, 0.25) is 0 Å². The fraction of sp³-hybridized carbons (Fsp3) is 0.357. The number of nitrogens with one attached hydrogen (secondary N) is 2. The van der Waals surface area contributed by atoms with Crippen molar-refractivity contribution in [3.05, 3.63) is 36.0 Å². The van der Waals surface area contributed by atoms with E-state index in [1.165, 1.54) is 10.9 Å². The predicted octanol–water partition coefficient (Wildman–Crippen LogP) is 1.74. The second-order valence-corrected chi connectivity index (χ2v) is 4.61. The van der Waals surface area contributed by atoms with Crippen molar-refractivity contribution >= 4 is 16.8 Å². The van der Waals surface area contributed by atoms with E-state index in [9.17, 15) is 4.79 Å². The van der Waals surface area contributed by atoms with Crippen molar-refractivity contribution in [1.29, 1.82) is 0 Å². The molecule has 1 aromatic carbocycles. The molecule has 0 spiro atoms. The molecule has 0 radical (unpaired) electrons. The first-order chi connectivity index (χ1) is 8.66. The van der Waals surface area contributed by atoms with Crippen LogP contribution in [0.1, 0.15) is 12.0 Å². The normalized spacial score (nSPS) is 10.8. The van der Waals surface area contributed by atoms with Gasteiger partial charge in [-0.3, -0.25) is 4.79 Å². The fourth-order valence-corrected chi connectivity index (χ4v) is 1.86. The third-order valence-electron chi connectivity index (χ3n) is 2.96. The van der Waals surface area contributed by atoms with E-state index in [4.69, 9.17) is 0 Å². The molecule has 2 rings (SSSR count). The first kappa shape index (κ1) is 12.6. The van der Waals surface area contributed by atoms with Crippen molar-refractivity contribution < 1.29 is 4.79 Å². The standard InChI is InChI=1S/C14H19N3O/c1-17(2)14(18)6-7-15-10-11-3-4-13-12(9-11)5-8-16-13/h3-5,8-9,15-16H,6-7,10H2,1-2H3. The van der Waals surface area contributed by atoms with Gasteiger partial charge in [0, 0.05) is 45.3 Å². The van der Waals surface area contributed by atoms with E-state index in [0.717, 1.165) is 12.1 Å². The molecule has 0 bridgehead atoms. The van der Waals surface area contributed by atoms with E-state index in [1.54, 1.807) is 19.0 Å². The van der Waals surface area contributed by atoms with Crippen LogP contribution in [0, 0.1) is 0 Å². The zero-order valence-corrected chi connectivity index (χ0v) is 10.9. The van der Waals surface area contributed by atoms with E-state index in [0.29, 0.717) is 13.0 Å². The Morgan fingerprint density at radius 1 is 1.33 bits per heavy atom. The summed E-state index contributed by atoms with van der Waals surface area (Å²) in [6.45, 7) is 1.50. The van der Waals surface area contributed by atoms with Gasteiger partial charge < -0.3 is 15.2 Å². The molecular weight excluding hydrogens is 226 g/mol. The molecule has 1 heterocycles. The largest absolute Gasteiger partial charge is 0.361 e. The highest BCUT2D eigenvalue weighted by Gasteiger charge is 2.02. The van der Waals surface area contributed by atoms with Crippen molar-refractivity contribution in [1.82, 2.24) is 15.2 Å². The van der Waals surface area contributed by atoms with Gasteiger partial charge in [0.25, 0.3) is 0 Å². The van der Waals surface area contributed by atoms with Gasteiger partial charge in [-0.25, -0.2) is 0 Å². The summed E-state index contributed by atoms with van der Waals surface area (Å²) in [5.74, 6) is 0.156. The van der Waals surface area contributed by atoms with Crippen LogP contribution in [-0.2, 0) is 11.3 Å². The molecular formula is C14H19N3O. The maximum Gasteiger partial charge on any atom is 0.223 e. The molecule has 4 heteroatoms. The number of hydrogen-bond acceptors (Lipinski definition) is 2. The van der Waals surface area contributed by atoms with Crippen molar-refractivity contribution in [3.63, 3.8) is 0 Å². The maximum atomic E-state index is 11.4. The summed E-state index contributed by atoms with van der Waals surface area (Å²) >= 11 is 0. The number of hydrogen-bond donors (Lipinski definition) is 2. The number of fused-ring (bicyclic) bond motifs is 1. The Balaban J connectivity index is 1.81. The topological polar surface area (TPSA) is 48.1 Å². The van der Waals surface area contributed by atoms with E-state index >= 15 is 0 Å².